The smallest absolute Gasteiger partial charge is 0.307 e. The monoisotopic (exact) mass is 267 g/mol. The average Bonchev–Trinajstić information content (AvgIpc) is 2.28. The molecule has 1 rings (SSSR count). The molecule has 0 aromatic heterocycles. The lowest BCUT2D eigenvalue weighted by atomic mass is 10.1. The standard InChI is InChI=1S/C15H22FNO2/c1-15(2,3)19-14(18)9-11-17-10-8-12-6-4-5-7-13(12)16/h4-7,17H,8-11H2,1-3H3. The molecular weight excluding hydrogens is 245 g/mol. The van der Waals surface area contributed by atoms with Gasteiger partial charge in [0.05, 0.1) is 6.42 Å². The third kappa shape index (κ3) is 6.91. The number of rotatable bonds is 6. The van der Waals surface area contributed by atoms with Crippen molar-refractivity contribution in [2.75, 3.05) is 13.1 Å². The molecule has 0 bridgehead atoms. The second kappa shape index (κ2) is 7.24. The lowest BCUT2D eigenvalue weighted by Crippen LogP contribution is -2.27. The quantitative estimate of drug-likeness (QED) is 0.636. The van der Waals surface area contributed by atoms with Crippen LogP contribution in [-0.4, -0.2) is 24.7 Å². The van der Waals surface area contributed by atoms with E-state index in [1.807, 2.05) is 26.8 Å². The van der Waals surface area contributed by atoms with Crippen molar-refractivity contribution in [2.24, 2.45) is 0 Å². The fraction of sp³-hybridized carbons (Fsp3) is 0.533. The van der Waals surface area contributed by atoms with Gasteiger partial charge in [0.2, 0.25) is 0 Å². The number of ether oxygens (including phenoxy) is 1. The molecule has 0 aliphatic heterocycles. The number of carbonyl (C=O) groups is 1. The third-order valence-corrected chi connectivity index (χ3v) is 2.45. The first-order valence-electron chi connectivity index (χ1n) is 6.54. The average molecular weight is 267 g/mol. The van der Waals surface area contributed by atoms with E-state index in [4.69, 9.17) is 4.74 Å². The van der Waals surface area contributed by atoms with Crippen molar-refractivity contribution < 1.29 is 13.9 Å². The van der Waals surface area contributed by atoms with E-state index < -0.39 is 5.60 Å². The van der Waals surface area contributed by atoms with Gasteiger partial charge in [-0.25, -0.2) is 4.39 Å². The van der Waals surface area contributed by atoms with Crippen molar-refractivity contribution in [1.29, 1.82) is 0 Å². The molecule has 0 aliphatic carbocycles. The Morgan fingerprint density at radius 1 is 1.26 bits per heavy atom. The van der Waals surface area contributed by atoms with Gasteiger partial charge in [-0.05, 0) is 45.4 Å². The van der Waals surface area contributed by atoms with Crippen LogP contribution >= 0.6 is 0 Å². The Balaban J connectivity index is 2.15. The molecule has 0 aliphatic rings. The second-order valence-corrected chi connectivity index (χ2v) is 5.43. The molecule has 3 nitrogen and oxygen atoms in total. The van der Waals surface area contributed by atoms with Gasteiger partial charge in [0, 0.05) is 6.54 Å². The van der Waals surface area contributed by atoms with Crippen LogP contribution in [0, 0.1) is 5.82 Å². The van der Waals surface area contributed by atoms with Crippen molar-refractivity contribution in [3.63, 3.8) is 0 Å². The molecule has 4 heteroatoms. The number of halogens is 1. The van der Waals surface area contributed by atoms with E-state index in [0.717, 1.165) is 0 Å². The Hall–Kier alpha value is -1.42. The van der Waals surface area contributed by atoms with E-state index in [0.29, 0.717) is 31.5 Å². The van der Waals surface area contributed by atoms with Crippen LogP contribution in [0.3, 0.4) is 0 Å². The van der Waals surface area contributed by atoms with Crippen LogP contribution in [0.4, 0.5) is 4.39 Å². The molecule has 0 saturated heterocycles. The maximum atomic E-state index is 13.3. The van der Waals surface area contributed by atoms with Gasteiger partial charge in [-0.3, -0.25) is 4.79 Å². The fourth-order valence-electron chi connectivity index (χ4n) is 1.63. The summed E-state index contributed by atoms with van der Waals surface area (Å²) >= 11 is 0. The molecule has 0 fully saturated rings. The predicted octanol–water partition coefficient (Wildman–Crippen LogP) is 2.69. The summed E-state index contributed by atoms with van der Waals surface area (Å²) in [5.74, 6) is -0.401. The van der Waals surface area contributed by atoms with Crippen LogP contribution < -0.4 is 5.32 Å². The Bertz CT molecular complexity index is 413. The van der Waals surface area contributed by atoms with Gasteiger partial charge >= 0.3 is 5.97 Å². The van der Waals surface area contributed by atoms with Crippen molar-refractivity contribution in [3.8, 4) is 0 Å². The molecule has 1 N–H and O–H groups in total. The molecule has 0 spiro atoms. The molecule has 0 saturated carbocycles. The van der Waals surface area contributed by atoms with E-state index in [-0.39, 0.29) is 11.8 Å². The van der Waals surface area contributed by atoms with Crippen LogP contribution in [0.25, 0.3) is 0 Å². The number of hydrogen-bond acceptors (Lipinski definition) is 3. The van der Waals surface area contributed by atoms with Crippen LogP contribution in [-0.2, 0) is 16.0 Å². The first-order valence-corrected chi connectivity index (χ1v) is 6.54. The zero-order valence-electron chi connectivity index (χ0n) is 11.8. The molecule has 19 heavy (non-hydrogen) atoms. The lowest BCUT2D eigenvalue weighted by molar-refractivity contribution is -0.154. The Kier molecular flexibility index (Phi) is 5.96. The van der Waals surface area contributed by atoms with E-state index in [1.165, 1.54) is 6.07 Å². The highest BCUT2D eigenvalue weighted by atomic mass is 19.1. The van der Waals surface area contributed by atoms with Crippen molar-refractivity contribution in [2.45, 2.75) is 39.2 Å². The van der Waals surface area contributed by atoms with Gasteiger partial charge in [0.1, 0.15) is 11.4 Å². The van der Waals surface area contributed by atoms with E-state index in [2.05, 4.69) is 5.32 Å². The third-order valence-electron chi connectivity index (χ3n) is 2.45. The number of esters is 1. The maximum absolute atomic E-state index is 13.3. The highest BCUT2D eigenvalue weighted by Crippen LogP contribution is 2.08. The summed E-state index contributed by atoms with van der Waals surface area (Å²) in [6.45, 7) is 6.72. The molecular formula is C15H22FNO2. The van der Waals surface area contributed by atoms with Crippen molar-refractivity contribution >= 4 is 5.97 Å². The molecule has 1 aromatic rings. The largest absolute Gasteiger partial charge is 0.460 e. The second-order valence-electron chi connectivity index (χ2n) is 5.43. The SMILES string of the molecule is CC(C)(C)OC(=O)CCNCCc1ccccc1F. The minimum atomic E-state index is -0.440. The van der Waals surface area contributed by atoms with E-state index in [9.17, 15) is 9.18 Å². The minimum Gasteiger partial charge on any atom is -0.460 e. The summed E-state index contributed by atoms with van der Waals surface area (Å²) in [6.07, 6.45) is 0.940. The predicted molar refractivity (Wildman–Crippen MR) is 73.4 cm³/mol. The lowest BCUT2D eigenvalue weighted by Gasteiger charge is -2.19. The summed E-state index contributed by atoms with van der Waals surface area (Å²) in [5.41, 5.74) is 0.247. The number of hydrogen-bond donors (Lipinski definition) is 1. The fourth-order valence-corrected chi connectivity index (χ4v) is 1.63. The molecule has 0 heterocycles. The van der Waals surface area contributed by atoms with Crippen molar-refractivity contribution in [3.05, 3.63) is 35.6 Å². The zero-order valence-corrected chi connectivity index (χ0v) is 11.8. The highest BCUT2D eigenvalue weighted by Gasteiger charge is 2.15. The highest BCUT2D eigenvalue weighted by molar-refractivity contribution is 5.70. The first kappa shape index (κ1) is 15.6. The molecule has 0 atom stereocenters. The number of carbonyl (C=O) groups excluding carboxylic acids is 1. The summed E-state index contributed by atoms with van der Waals surface area (Å²) in [6, 6.07) is 6.72. The Morgan fingerprint density at radius 2 is 1.95 bits per heavy atom. The van der Waals surface area contributed by atoms with Gasteiger partial charge in [-0.1, -0.05) is 18.2 Å². The molecule has 0 amide bonds. The zero-order chi connectivity index (χ0) is 14.3. The van der Waals surface area contributed by atoms with Crippen LogP contribution in [0.2, 0.25) is 0 Å². The number of nitrogens with one attached hydrogen (secondary N) is 1. The molecule has 0 radical (unpaired) electrons. The first-order chi connectivity index (χ1) is 8.88. The summed E-state index contributed by atoms with van der Waals surface area (Å²) in [7, 11) is 0. The van der Waals surface area contributed by atoms with Crippen LogP contribution in [0.1, 0.15) is 32.8 Å². The van der Waals surface area contributed by atoms with Crippen LogP contribution in [0.15, 0.2) is 24.3 Å². The Labute approximate surface area is 114 Å². The maximum Gasteiger partial charge on any atom is 0.307 e. The van der Waals surface area contributed by atoms with E-state index >= 15 is 0 Å². The molecule has 1 aromatic carbocycles. The topological polar surface area (TPSA) is 38.3 Å². The summed E-state index contributed by atoms with van der Waals surface area (Å²) in [4.78, 5) is 11.4. The van der Waals surface area contributed by atoms with Gasteiger partial charge in [0.15, 0.2) is 0 Å². The molecule has 106 valence electrons. The van der Waals surface area contributed by atoms with Gasteiger partial charge in [-0.15, -0.1) is 0 Å². The summed E-state index contributed by atoms with van der Waals surface area (Å²) < 4.78 is 18.5. The number of benzene rings is 1. The Morgan fingerprint density at radius 3 is 2.58 bits per heavy atom. The van der Waals surface area contributed by atoms with Crippen LogP contribution in [0.5, 0.6) is 0 Å². The summed E-state index contributed by atoms with van der Waals surface area (Å²) in [5, 5.41) is 3.11. The minimum absolute atomic E-state index is 0.184. The normalized spacial score (nSPS) is 11.4. The van der Waals surface area contributed by atoms with Crippen molar-refractivity contribution in [1.82, 2.24) is 5.32 Å². The van der Waals surface area contributed by atoms with Gasteiger partial charge in [0.25, 0.3) is 0 Å². The van der Waals surface area contributed by atoms with Gasteiger partial charge < -0.3 is 10.1 Å². The van der Waals surface area contributed by atoms with E-state index in [1.54, 1.807) is 12.1 Å². The molecule has 0 unspecified atom stereocenters. The van der Waals surface area contributed by atoms with Gasteiger partial charge in [-0.2, -0.15) is 0 Å².